The molecular formula is C20H19F3N6O2. The molecule has 4 rings (SSSR count). The lowest BCUT2D eigenvalue weighted by Crippen LogP contribution is -2.52. The first kappa shape index (κ1) is 20.8. The molecule has 1 fully saturated rings. The van der Waals surface area contributed by atoms with Gasteiger partial charge in [-0.15, -0.1) is 0 Å². The van der Waals surface area contributed by atoms with Gasteiger partial charge in [-0.25, -0.2) is 9.97 Å². The maximum Gasteiger partial charge on any atom is 0.419 e. The molecule has 1 amide bonds. The molecule has 0 aromatic carbocycles. The third-order valence-electron chi connectivity index (χ3n) is 4.93. The van der Waals surface area contributed by atoms with E-state index in [4.69, 9.17) is 4.74 Å². The number of nitrogens with zero attached hydrogens (tertiary/aromatic N) is 5. The molecule has 1 aliphatic heterocycles. The second kappa shape index (κ2) is 7.99. The Hall–Kier alpha value is -3.47. The number of aromatic nitrogens is 4. The maximum absolute atomic E-state index is 13.5. The van der Waals surface area contributed by atoms with Crippen molar-refractivity contribution in [3.05, 3.63) is 54.1 Å². The minimum absolute atomic E-state index is 0.00144. The van der Waals surface area contributed by atoms with Crippen molar-refractivity contribution in [1.29, 1.82) is 0 Å². The number of pyridine rings is 2. The van der Waals surface area contributed by atoms with Crippen molar-refractivity contribution in [2.75, 3.05) is 30.4 Å². The summed E-state index contributed by atoms with van der Waals surface area (Å²) in [6.07, 6.45) is -0.641. The van der Waals surface area contributed by atoms with E-state index >= 15 is 0 Å². The Morgan fingerprint density at radius 1 is 1.26 bits per heavy atom. The summed E-state index contributed by atoms with van der Waals surface area (Å²) in [5.74, 6) is -0.430. The quantitative estimate of drug-likeness (QED) is 0.667. The normalized spacial score (nSPS) is 14.4. The Bertz CT molecular complexity index is 1110. The number of ether oxygens (including phenoxy) is 1. The van der Waals surface area contributed by atoms with E-state index in [1.165, 1.54) is 12.1 Å². The lowest BCUT2D eigenvalue weighted by atomic mass is 10.1. The fraction of sp³-hybridized carbons (Fsp3) is 0.300. The van der Waals surface area contributed by atoms with E-state index in [9.17, 15) is 18.0 Å². The van der Waals surface area contributed by atoms with Crippen LogP contribution in [0.15, 0.2) is 42.9 Å². The highest BCUT2D eigenvalue weighted by molar-refractivity contribution is 6.03. The SMILES string of the molecule is COC1CN(c2cc(NC(=O)c3cccc(-c4cnn(C)c4)n3)c(C(F)(F)F)cn2)C1. The molecule has 4 heterocycles. The summed E-state index contributed by atoms with van der Waals surface area (Å²) >= 11 is 0. The van der Waals surface area contributed by atoms with Gasteiger partial charge in [-0.1, -0.05) is 6.07 Å². The van der Waals surface area contributed by atoms with E-state index < -0.39 is 17.6 Å². The highest BCUT2D eigenvalue weighted by Gasteiger charge is 2.36. The van der Waals surface area contributed by atoms with E-state index in [0.717, 1.165) is 6.20 Å². The Morgan fingerprint density at radius 3 is 2.68 bits per heavy atom. The topological polar surface area (TPSA) is 85.2 Å². The molecule has 0 radical (unpaired) electrons. The Morgan fingerprint density at radius 2 is 2.03 bits per heavy atom. The molecule has 0 bridgehead atoms. The monoisotopic (exact) mass is 432 g/mol. The van der Waals surface area contributed by atoms with Crippen molar-refractivity contribution in [3.63, 3.8) is 0 Å². The molecule has 0 saturated carbocycles. The summed E-state index contributed by atoms with van der Waals surface area (Å²) in [5.41, 5.74) is -0.256. The van der Waals surface area contributed by atoms with Crippen LogP contribution in [0.1, 0.15) is 16.1 Å². The first-order chi connectivity index (χ1) is 14.7. The van der Waals surface area contributed by atoms with E-state index in [1.54, 1.807) is 48.3 Å². The Labute approximate surface area is 175 Å². The third-order valence-corrected chi connectivity index (χ3v) is 4.93. The Balaban J connectivity index is 1.61. The van der Waals surface area contributed by atoms with Crippen molar-refractivity contribution in [1.82, 2.24) is 19.7 Å². The second-order valence-corrected chi connectivity index (χ2v) is 7.11. The number of hydrogen-bond donors (Lipinski definition) is 1. The van der Waals surface area contributed by atoms with Gasteiger partial charge in [0.15, 0.2) is 0 Å². The second-order valence-electron chi connectivity index (χ2n) is 7.11. The van der Waals surface area contributed by atoms with Crippen LogP contribution in [0.2, 0.25) is 0 Å². The summed E-state index contributed by atoms with van der Waals surface area (Å²) < 4.78 is 47.2. The van der Waals surface area contributed by atoms with Crippen LogP contribution >= 0.6 is 0 Å². The molecule has 0 aliphatic carbocycles. The van der Waals surface area contributed by atoms with Gasteiger partial charge in [0.1, 0.15) is 11.5 Å². The number of aryl methyl sites for hydroxylation is 1. The standard InChI is InChI=1S/C20H19F3N6O2/c1-28-9-12(7-25-28)15-4-3-5-16(26-15)19(30)27-17-6-18(29-10-13(11-29)31-2)24-8-14(17)20(21,22)23/h3-9,13H,10-11H2,1-2H3,(H,24,27,30). The fourth-order valence-electron chi connectivity index (χ4n) is 3.18. The molecule has 0 spiro atoms. The smallest absolute Gasteiger partial charge is 0.378 e. The maximum atomic E-state index is 13.5. The number of rotatable bonds is 5. The van der Waals surface area contributed by atoms with Gasteiger partial charge in [-0.3, -0.25) is 9.48 Å². The number of carbonyl (C=O) groups excluding carboxylic acids is 1. The molecule has 31 heavy (non-hydrogen) atoms. The lowest BCUT2D eigenvalue weighted by molar-refractivity contribution is -0.137. The van der Waals surface area contributed by atoms with Crippen LogP contribution in [0, 0.1) is 0 Å². The summed E-state index contributed by atoms with van der Waals surface area (Å²) in [6.45, 7) is 1.02. The van der Waals surface area contributed by atoms with Crippen LogP contribution in [0.25, 0.3) is 11.3 Å². The number of alkyl halides is 3. The molecule has 1 aliphatic rings. The van der Waals surface area contributed by atoms with Gasteiger partial charge in [0.2, 0.25) is 0 Å². The van der Waals surface area contributed by atoms with Gasteiger partial charge in [0, 0.05) is 51.3 Å². The van der Waals surface area contributed by atoms with Gasteiger partial charge < -0.3 is 15.0 Å². The van der Waals surface area contributed by atoms with E-state index in [2.05, 4.69) is 20.4 Å². The largest absolute Gasteiger partial charge is 0.419 e. The zero-order valence-electron chi connectivity index (χ0n) is 16.7. The zero-order valence-corrected chi connectivity index (χ0v) is 16.7. The van der Waals surface area contributed by atoms with Crippen LogP contribution < -0.4 is 10.2 Å². The summed E-state index contributed by atoms with van der Waals surface area (Å²) in [7, 11) is 3.31. The van der Waals surface area contributed by atoms with Gasteiger partial charge in [0.05, 0.1) is 29.2 Å². The molecular weight excluding hydrogens is 413 g/mol. The molecule has 3 aromatic heterocycles. The first-order valence-electron chi connectivity index (χ1n) is 9.37. The molecule has 0 unspecified atom stereocenters. The van der Waals surface area contributed by atoms with E-state index in [1.807, 2.05) is 0 Å². The molecule has 0 atom stereocenters. The van der Waals surface area contributed by atoms with E-state index in [0.29, 0.717) is 30.2 Å². The van der Waals surface area contributed by atoms with Crippen LogP contribution in [0.5, 0.6) is 0 Å². The number of anilines is 2. The predicted molar refractivity (Wildman–Crippen MR) is 107 cm³/mol. The zero-order chi connectivity index (χ0) is 22.2. The number of nitrogens with one attached hydrogen (secondary N) is 1. The number of methoxy groups -OCH3 is 1. The van der Waals surface area contributed by atoms with Crippen LogP contribution in [0.4, 0.5) is 24.7 Å². The average molecular weight is 432 g/mol. The summed E-state index contributed by atoms with van der Waals surface area (Å²) in [4.78, 5) is 22.7. The van der Waals surface area contributed by atoms with Crippen LogP contribution in [0.3, 0.4) is 0 Å². The van der Waals surface area contributed by atoms with Gasteiger partial charge in [-0.2, -0.15) is 18.3 Å². The Kier molecular flexibility index (Phi) is 5.36. The average Bonchev–Trinajstić information content (AvgIpc) is 3.13. The molecule has 3 aromatic rings. The number of carbonyl (C=O) groups is 1. The van der Waals surface area contributed by atoms with Crippen molar-refractivity contribution < 1.29 is 22.7 Å². The minimum atomic E-state index is -4.68. The van der Waals surface area contributed by atoms with E-state index in [-0.39, 0.29) is 17.5 Å². The summed E-state index contributed by atoms with van der Waals surface area (Å²) in [5, 5.41) is 6.40. The molecule has 162 valence electrons. The minimum Gasteiger partial charge on any atom is -0.378 e. The van der Waals surface area contributed by atoms with Crippen molar-refractivity contribution in [2.24, 2.45) is 7.05 Å². The van der Waals surface area contributed by atoms with Crippen molar-refractivity contribution in [2.45, 2.75) is 12.3 Å². The fourth-order valence-corrected chi connectivity index (χ4v) is 3.18. The van der Waals surface area contributed by atoms with Gasteiger partial charge in [-0.05, 0) is 12.1 Å². The van der Waals surface area contributed by atoms with Gasteiger partial charge >= 0.3 is 6.18 Å². The lowest BCUT2D eigenvalue weighted by Gasteiger charge is -2.39. The number of halogens is 3. The molecule has 1 N–H and O–H groups in total. The van der Waals surface area contributed by atoms with Crippen molar-refractivity contribution >= 4 is 17.4 Å². The third kappa shape index (κ3) is 4.36. The molecule has 11 heteroatoms. The van der Waals surface area contributed by atoms with Crippen LogP contribution in [-0.2, 0) is 18.0 Å². The number of hydrogen-bond acceptors (Lipinski definition) is 6. The predicted octanol–water partition coefficient (Wildman–Crippen LogP) is 2.98. The highest BCUT2D eigenvalue weighted by atomic mass is 19.4. The van der Waals surface area contributed by atoms with Gasteiger partial charge in [0.25, 0.3) is 5.91 Å². The summed E-state index contributed by atoms with van der Waals surface area (Å²) in [6, 6.07) is 5.95. The van der Waals surface area contributed by atoms with Crippen LogP contribution in [-0.4, -0.2) is 52.0 Å². The highest BCUT2D eigenvalue weighted by Crippen LogP contribution is 2.36. The molecule has 8 nitrogen and oxygen atoms in total. The first-order valence-corrected chi connectivity index (χ1v) is 9.37. The molecule has 1 saturated heterocycles. The van der Waals surface area contributed by atoms with Crippen molar-refractivity contribution in [3.8, 4) is 11.3 Å². The number of amides is 1.